The van der Waals surface area contributed by atoms with Crippen LogP contribution in [0.3, 0.4) is 0 Å². The predicted octanol–water partition coefficient (Wildman–Crippen LogP) is 0.790. The third-order valence-corrected chi connectivity index (χ3v) is 6.49. The number of β-amino-alcohol motifs (C(OH)–C–C–N with tert-alkyl or cyclic N) is 1. The fourth-order valence-corrected chi connectivity index (χ4v) is 4.66. The van der Waals surface area contributed by atoms with Gasteiger partial charge in [0.2, 0.25) is 10.0 Å². The summed E-state index contributed by atoms with van der Waals surface area (Å²) in [6.45, 7) is 6.01. The minimum atomic E-state index is -3.62. The van der Waals surface area contributed by atoms with E-state index >= 15 is 0 Å². The summed E-state index contributed by atoms with van der Waals surface area (Å²) in [4.78, 5) is 6.62. The predicted molar refractivity (Wildman–Crippen MR) is 99.3 cm³/mol. The van der Waals surface area contributed by atoms with Gasteiger partial charge in [-0.2, -0.15) is 5.10 Å². The van der Waals surface area contributed by atoms with E-state index in [-0.39, 0.29) is 17.0 Å². The van der Waals surface area contributed by atoms with Crippen LogP contribution < -0.4 is 4.72 Å². The highest BCUT2D eigenvalue weighted by atomic mass is 32.2. The van der Waals surface area contributed by atoms with Gasteiger partial charge in [-0.05, 0) is 45.3 Å². The van der Waals surface area contributed by atoms with Gasteiger partial charge in [-0.15, -0.1) is 0 Å². The molecule has 0 saturated carbocycles. The fourth-order valence-electron chi connectivity index (χ4n) is 3.38. The number of hydrogen-bond acceptors (Lipinski definition) is 6. The smallest absolute Gasteiger partial charge is 0.242 e. The summed E-state index contributed by atoms with van der Waals surface area (Å²) < 4.78 is 29.9. The van der Waals surface area contributed by atoms with E-state index in [4.69, 9.17) is 0 Å². The SMILES string of the molecule is CCC(O)CN1CCC(NS(=O)(=O)c2cnc3c(c2)c(C)nn3C)CC1. The highest BCUT2D eigenvalue weighted by molar-refractivity contribution is 7.89. The number of aromatic nitrogens is 3. The number of fused-ring (bicyclic) bond motifs is 1. The van der Waals surface area contributed by atoms with Crippen LogP contribution in [0.1, 0.15) is 31.9 Å². The van der Waals surface area contributed by atoms with Gasteiger partial charge in [0.1, 0.15) is 4.90 Å². The van der Waals surface area contributed by atoms with E-state index < -0.39 is 10.0 Å². The van der Waals surface area contributed by atoms with Crippen molar-refractivity contribution in [3.8, 4) is 0 Å². The average Bonchev–Trinajstić information content (AvgIpc) is 2.90. The summed E-state index contributed by atoms with van der Waals surface area (Å²) in [5, 5.41) is 14.8. The number of piperidine rings is 1. The number of pyridine rings is 1. The second kappa shape index (κ2) is 7.59. The van der Waals surface area contributed by atoms with Crippen LogP contribution in [0, 0.1) is 6.92 Å². The molecule has 3 heterocycles. The van der Waals surface area contributed by atoms with Gasteiger partial charge < -0.3 is 10.0 Å². The van der Waals surface area contributed by atoms with Crippen LogP contribution in [-0.2, 0) is 17.1 Å². The Morgan fingerprint density at radius 3 is 2.73 bits per heavy atom. The molecule has 3 rings (SSSR count). The molecule has 1 atom stereocenters. The molecule has 0 bridgehead atoms. The van der Waals surface area contributed by atoms with Crippen LogP contribution in [0.2, 0.25) is 0 Å². The first-order valence-corrected chi connectivity index (χ1v) is 10.5. The van der Waals surface area contributed by atoms with E-state index in [2.05, 4.69) is 19.7 Å². The van der Waals surface area contributed by atoms with Crippen LogP contribution in [0.4, 0.5) is 0 Å². The minimum Gasteiger partial charge on any atom is -0.392 e. The van der Waals surface area contributed by atoms with Gasteiger partial charge in [-0.25, -0.2) is 18.1 Å². The van der Waals surface area contributed by atoms with Crippen molar-refractivity contribution in [3.05, 3.63) is 18.0 Å². The second-order valence-corrected chi connectivity index (χ2v) is 8.72. The first-order chi connectivity index (χ1) is 12.3. The van der Waals surface area contributed by atoms with Crippen LogP contribution >= 0.6 is 0 Å². The lowest BCUT2D eigenvalue weighted by Crippen LogP contribution is -2.46. The number of nitrogens with one attached hydrogen (secondary N) is 1. The molecule has 1 fully saturated rings. The zero-order chi connectivity index (χ0) is 18.9. The summed E-state index contributed by atoms with van der Waals surface area (Å²) in [5.41, 5.74) is 1.43. The second-order valence-electron chi connectivity index (χ2n) is 7.01. The molecule has 1 saturated heterocycles. The van der Waals surface area contributed by atoms with Crippen molar-refractivity contribution in [2.24, 2.45) is 7.05 Å². The molecule has 9 heteroatoms. The van der Waals surface area contributed by atoms with Gasteiger partial charge in [0.05, 0.1) is 11.8 Å². The molecule has 1 aliphatic heterocycles. The normalized spacial score (nSPS) is 18.5. The maximum atomic E-state index is 12.7. The van der Waals surface area contributed by atoms with Crippen molar-refractivity contribution in [2.75, 3.05) is 19.6 Å². The third-order valence-electron chi connectivity index (χ3n) is 5.00. The standard InChI is InChI=1S/C17H27N5O3S/c1-4-14(23)11-22-7-5-13(6-8-22)20-26(24,25)15-9-16-12(2)19-21(3)17(16)18-10-15/h9-10,13-14,20,23H,4-8,11H2,1-3H3. The number of sulfonamides is 1. The Hall–Kier alpha value is -1.55. The summed E-state index contributed by atoms with van der Waals surface area (Å²) >= 11 is 0. The zero-order valence-electron chi connectivity index (χ0n) is 15.5. The van der Waals surface area contributed by atoms with Crippen LogP contribution in [0.25, 0.3) is 11.0 Å². The lowest BCUT2D eigenvalue weighted by molar-refractivity contribution is 0.0935. The van der Waals surface area contributed by atoms with Crippen molar-refractivity contribution in [1.29, 1.82) is 0 Å². The first kappa shape index (κ1) is 19.2. The Kier molecular flexibility index (Phi) is 5.61. The fraction of sp³-hybridized carbons (Fsp3) is 0.647. The van der Waals surface area contributed by atoms with Crippen molar-refractivity contribution in [1.82, 2.24) is 24.4 Å². The number of rotatable bonds is 6. The molecule has 0 amide bonds. The Bertz CT molecular complexity index is 872. The molecule has 0 aliphatic carbocycles. The van der Waals surface area contributed by atoms with Gasteiger partial charge in [0.25, 0.3) is 0 Å². The van der Waals surface area contributed by atoms with Crippen molar-refractivity contribution in [2.45, 2.75) is 50.2 Å². The molecule has 0 aromatic carbocycles. The van der Waals surface area contributed by atoms with Crippen molar-refractivity contribution >= 4 is 21.1 Å². The van der Waals surface area contributed by atoms with Gasteiger partial charge in [0.15, 0.2) is 5.65 Å². The topological polar surface area (TPSA) is 100 Å². The lowest BCUT2D eigenvalue weighted by Gasteiger charge is -2.33. The molecule has 8 nitrogen and oxygen atoms in total. The molecule has 1 unspecified atom stereocenters. The number of aryl methyl sites for hydroxylation is 2. The molecule has 26 heavy (non-hydrogen) atoms. The van der Waals surface area contributed by atoms with Gasteiger partial charge in [-0.1, -0.05) is 6.92 Å². The molecular formula is C17H27N5O3S. The third kappa shape index (κ3) is 4.06. The van der Waals surface area contributed by atoms with E-state index in [9.17, 15) is 13.5 Å². The number of nitrogens with zero attached hydrogens (tertiary/aromatic N) is 4. The highest BCUT2D eigenvalue weighted by Crippen LogP contribution is 2.20. The lowest BCUT2D eigenvalue weighted by atomic mass is 10.1. The Balaban J connectivity index is 1.67. The quantitative estimate of drug-likeness (QED) is 0.767. The zero-order valence-corrected chi connectivity index (χ0v) is 16.3. The van der Waals surface area contributed by atoms with Crippen LogP contribution in [0.5, 0.6) is 0 Å². The molecule has 144 valence electrons. The van der Waals surface area contributed by atoms with Crippen LogP contribution in [0.15, 0.2) is 17.2 Å². The summed E-state index contributed by atoms with van der Waals surface area (Å²) in [6, 6.07) is 1.54. The summed E-state index contributed by atoms with van der Waals surface area (Å²) in [6.07, 6.45) is 3.27. The van der Waals surface area contributed by atoms with E-state index in [0.717, 1.165) is 43.4 Å². The molecule has 0 spiro atoms. The van der Waals surface area contributed by atoms with Crippen LogP contribution in [-0.4, -0.2) is 65.0 Å². The van der Waals surface area contributed by atoms with Crippen molar-refractivity contribution in [3.63, 3.8) is 0 Å². The van der Waals surface area contributed by atoms with E-state index in [1.54, 1.807) is 17.8 Å². The number of hydrogen-bond donors (Lipinski definition) is 2. The Labute approximate surface area is 154 Å². The summed E-state index contributed by atoms with van der Waals surface area (Å²) in [5.74, 6) is 0. The molecule has 2 aromatic rings. The molecule has 1 aliphatic rings. The number of aliphatic hydroxyl groups is 1. The Morgan fingerprint density at radius 2 is 2.08 bits per heavy atom. The molecular weight excluding hydrogens is 354 g/mol. The first-order valence-electron chi connectivity index (χ1n) is 9.02. The maximum absolute atomic E-state index is 12.7. The monoisotopic (exact) mass is 381 g/mol. The molecule has 2 aromatic heterocycles. The summed E-state index contributed by atoms with van der Waals surface area (Å²) in [7, 11) is -1.83. The molecule has 0 radical (unpaired) electrons. The van der Waals surface area contributed by atoms with E-state index in [1.165, 1.54) is 6.20 Å². The number of aliphatic hydroxyl groups excluding tert-OH is 1. The van der Waals surface area contributed by atoms with Gasteiger partial charge in [0, 0.05) is 31.2 Å². The van der Waals surface area contributed by atoms with Gasteiger partial charge >= 0.3 is 0 Å². The van der Waals surface area contributed by atoms with Gasteiger partial charge in [-0.3, -0.25) is 4.68 Å². The number of likely N-dealkylation sites (tertiary alicyclic amines) is 1. The highest BCUT2D eigenvalue weighted by Gasteiger charge is 2.26. The molecule has 2 N–H and O–H groups in total. The average molecular weight is 382 g/mol. The van der Waals surface area contributed by atoms with E-state index in [1.807, 2.05) is 13.8 Å². The largest absolute Gasteiger partial charge is 0.392 e. The van der Waals surface area contributed by atoms with E-state index in [0.29, 0.717) is 12.2 Å². The minimum absolute atomic E-state index is 0.0966. The maximum Gasteiger partial charge on any atom is 0.242 e. The Morgan fingerprint density at radius 1 is 1.38 bits per heavy atom. The van der Waals surface area contributed by atoms with Crippen molar-refractivity contribution < 1.29 is 13.5 Å².